The molecule has 1 aliphatic rings. The van der Waals surface area contributed by atoms with Crippen molar-refractivity contribution in [2.24, 2.45) is 0 Å². The molecule has 0 radical (unpaired) electrons. The Kier molecular flexibility index (Phi) is 7.66. The van der Waals surface area contributed by atoms with E-state index in [0.29, 0.717) is 6.42 Å². The van der Waals surface area contributed by atoms with Gasteiger partial charge in [-0.15, -0.1) is 0 Å². The number of aryl methyl sites for hydroxylation is 2. The van der Waals surface area contributed by atoms with E-state index in [1.165, 1.54) is 16.6 Å². The standard InChI is InChI=1S/C26H26FN3O5S/c27-20-11-13-21(14-12-20)36(34,35)29-26(32)30(17-25(31)28-33)16-15-24-22-7-3-1-5-18(22)9-10-19-6-2-4-8-23(19)24/h1-8,11-14,24,33H,9-10,15-17H2,(H,28,31)(H,29,32). The zero-order valence-corrected chi connectivity index (χ0v) is 20.2. The van der Waals surface area contributed by atoms with Crippen molar-refractivity contribution >= 4 is 22.0 Å². The molecule has 0 spiro atoms. The second-order valence-corrected chi connectivity index (χ2v) is 10.2. The third-order valence-corrected chi connectivity index (χ3v) is 7.64. The van der Waals surface area contributed by atoms with E-state index in [0.717, 1.165) is 53.1 Å². The Balaban J connectivity index is 1.59. The van der Waals surface area contributed by atoms with Crippen LogP contribution in [0.5, 0.6) is 0 Å². The largest absolute Gasteiger partial charge is 0.331 e. The molecular formula is C26H26FN3O5S. The Labute approximate surface area is 208 Å². The molecule has 0 fully saturated rings. The first-order chi connectivity index (χ1) is 17.3. The fourth-order valence-corrected chi connectivity index (χ4v) is 5.52. The van der Waals surface area contributed by atoms with Gasteiger partial charge in [-0.3, -0.25) is 10.0 Å². The molecule has 0 aromatic heterocycles. The molecule has 10 heteroatoms. The minimum atomic E-state index is -4.31. The Hall–Kier alpha value is -3.76. The van der Waals surface area contributed by atoms with Crippen LogP contribution in [0.1, 0.15) is 34.6 Å². The lowest BCUT2D eigenvalue weighted by Crippen LogP contribution is -2.47. The number of fused-ring (bicyclic) bond motifs is 2. The summed E-state index contributed by atoms with van der Waals surface area (Å²) in [6, 6.07) is 19.1. The molecule has 0 unspecified atom stereocenters. The van der Waals surface area contributed by atoms with E-state index < -0.39 is 34.3 Å². The average molecular weight is 512 g/mol. The van der Waals surface area contributed by atoms with Gasteiger partial charge >= 0.3 is 6.03 Å². The van der Waals surface area contributed by atoms with Gasteiger partial charge < -0.3 is 4.90 Å². The highest BCUT2D eigenvalue weighted by Crippen LogP contribution is 2.36. The van der Waals surface area contributed by atoms with Crippen LogP contribution in [0.25, 0.3) is 0 Å². The van der Waals surface area contributed by atoms with E-state index in [-0.39, 0.29) is 17.4 Å². The quantitative estimate of drug-likeness (QED) is 0.332. The average Bonchev–Trinajstić information content (AvgIpc) is 3.03. The lowest BCUT2D eigenvalue weighted by molar-refractivity contribution is -0.129. The zero-order valence-electron chi connectivity index (χ0n) is 19.4. The van der Waals surface area contributed by atoms with Crippen LogP contribution in [0.3, 0.4) is 0 Å². The number of urea groups is 1. The maximum absolute atomic E-state index is 13.2. The summed E-state index contributed by atoms with van der Waals surface area (Å²) in [5.41, 5.74) is 6.11. The predicted octanol–water partition coefficient (Wildman–Crippen LogP) is 3.35. The molecule has 0 saturated carbocycles. The molecule has 3 aromatic rings. The number of hydroxylamine groups is 1. The number of hydrogen-bond donors (Lipinski definition) is 3. The van der Waals surface area contributed by atoms with Gasteiger partial charge in [0.1, 0.15) is 12.4 Å². The molecule has 3 aromatic carbocycles. The Bertz CT molecular complexity index is 1310. The number of nitrogens with zero attached hydrogens (tertiary/aromatic N) is 1. The minimum absolute atomic E-state index is 0.0333. The highest BCUT2D eigenvalue weighted by molar-refractivity contribution is 7.90. The zero-order chi connectivity index (χ0) is 25.7. The lowest BCUT2D eigenvalue weighted by atomic mass is 9.85. The van der Waals surface area contributed by atoms with Crippen molar-refractivity contribution in [2.75, 3.05) is 13.1 Å². The maximum Gasteiger partial charge on any atom is 0.331 e. The molecule has 3 amide bonds. The molecule has 0 saturated heterocycles. The van der Waals surface area contributed by atoms with Crippen molar-refractivity contribution < 1.29 is 27.6 Å². The normalized spacial score (nSPS) is 13.2. The van der Waals surface area contributed by atoms with Gasteiger partial charge in [0, 0.05) is 12.5 Å². The maximum atomic E-state index is 13.2. The number of sulfonamides is 1. The summed E-state index contributed by atoms with van der Waals surface area (Å²) in [5.74, 6) is -1.57. The Morgan fingerprint density at radius 1 is 0.917 bits per heavy atom. The molecule has 3 N–H and O–H groups in total. The van der Waals surface area contributed by atoms with Crippen LogP contribution < -0.4 is 10.2 Å². The third-order valence-electron chi connectivity index (χ3n) is 6.30. The highest BCUT2D eigenvalue weighted by atomic mass is 32.2. The Morgan fingerprint density at radius 3 is 2.03 bits per heavy atom. The van der Waals surface area contributed by atoms with E-state index >= 15 is 0 Å². The van der Waals surface area contributed by atoms with E-state index in [4.69, 9.17) is 5.21 Å². The van der Waals surface area contributed by atoms with Crippen LogP contribution in [0.4, 0.5) is 9.18 Å². The first-order valence-electron chi connectivity index (χ1n) is 11.4. The summed E-state index contributed by atoms with van der Waals surface area (Å²) >= 11 is 0. The van der Waals surface area contributed by atoms with Crippen molar-refractivity contribution in [2.45, 2.75) is 30.1 Å². The summed E-state index contributed by atoms with van der Waals surface area (Å²) in [7, 11) is -4.31. The van der Waals surface area contributed by atoms with Crippen LogP contribution in [0.15, 0.2) is 77.7 Å². The number of benzene rings is 3. The number of rotatable bonds is 7. The summed E-state index contributed by atoms with van der Waals surface area (Å²) in [6.45, 7) is -0.525. The smallest absolute Gasteiger partial charge is 0.315 e. The van der Waals surface area contributed by atoms with Gasteiger partial charge in [-0.1, -0.05) is 48.5 Å². The highest BCUT2D eigenvalue weighted by Gasteiger charge is 2.27. The predicted molar refractivity (Wildman–Crippen MR) is 130 cm³/mol. The molecule has 8 nitrogen and oxygen atoms in total. The first-order valence-corrected chi connectivity index (χ1v) is 12.9. The van der Waals surface area contributed by atoms with Crippen LogP contribution in [0.2, 0.25) is 0 Å². The lowest BCUT2D eigenvalue weighted by Gasteiger charge is -2.26. The summed E-state index contributed by atoms with van der Waals surface area (Å²) in [4.78, 5) is 25.6. The van der Waals surface area contributed by atoms with E-state index in [1.54, 1.807) is 0 Å². The monoisotopic (exact) mass is 511 g/mol. The molecule has 4 rings (SSSR count). The number of hydrogen-bond acceptors (Lipinski definition) is 5. The van der Waals surface area contributed by atoms with Crippen LogP contribution in [0, 0.1) is 5.82 Å². The number of halogens is 1. The molecule has 0 aliphatic heterocycles. The number of carbonyl (C=O) groups excluding carboxylic acids is 2. The van der Waals surface area contributed by atoms with Gasteiger partial charge in [0.15, 0.2) is 0 Å². The van der Waals surface area contributed by atoms with Crippen molar-refractivity contribution in [1.29, 1.82) is 0 Å². The summed E-state index contributed by atoms with van der Waals surface area (Å²) in [5, 5.41) is 9.00. The number of amides is 3. The van der Waals surface area contributed by atoms with E-state index in [1.807, 2.05) is 41.1 Å². The van der Waals surface area contributed by atoms with E-state index in [2.05, 4.69) is 12.1 Å². The minimum Gasteiger partial charge on any atom is -0.315 e. The second kappa shape index (κ2) is 10.9. The van der Waals surface area contributed by atoms with Crippen molar-refractivity contribution in [3.8, 4) is 0 Å². The molecule has 36 heavy (non-hydrogen) atoms. The SMILES string of the molecule is O=C(CN(CCC1c2ccccc2CCc2ccccc21)C(=O)NS(=O)(=O)c1ccc(F)cc1)NO. The molecule has 188 valence electrons. The van der Waals surface area contributed by atoms with Gasteiger partial charge in [0.05, 0.1) is 4.90 Å². The number of nitrogens with one attached hydrogen (secondary N) is 2. The molecule has 1 aliphatic carbocycles. The molecule has 0 heterocycles. The van der Waals surface area contributed by atoms with Crippen LogP contribution >= 0.6 is 0 Å². The van der Waals surface area contributed by atoms with Gasteiger partial charge in [0.25, 0.3) is 15.9 Å². The van der Waals surface area contributed by atoms with E-state index in [9.17, 15) is 22.4 Å². The third kappa shape index (κ3) is 5.72. The number of carbonyl (C=O) groups is 2. The Morgan fingerprint density at radius 2 is 1.47 bits per heavy atom. The summed E-state index contributed by atoms with van der Waals surface area (Å²) < 4.78 is 40.5. The molecular weight excluding hydrogens is 485 g/mol. The fraction of sp³-hybridized carbons (Fsp3) is 0.231. The molecule has 0 atom stereocenters. The van der Waals surface area contributed by atoms with Gasteiger partial charge in [-0.25, -0.2) is 27.8 Å². The first kappa shape index (κ1) is 25.3. The van der Waals surface area contributed by atoms with Crippen LogP contribution in [-0.2, 0) is 27.7 Å². The second-order valence-electron chi connectivity index (χ2n) is 8.56. The molecule has 0 bridgehead atoms. The van der Waals surface area contributed by atoms with Gasteiger partial charge in [-0.2, -0.15) is 0 Å². The van der Waals surface area contributed by atoms with Crippen molar-refractivity contribution in [3.05, 3.63) is 101 Å². The topological polar surface area (TPSA) is 116 Å². The van der Waals surface area contributed by atoms with Crippen molar-refractivity contribution in [1.82, 2.24) is 15.1 Å². The van der Waals surface area contributed by atoms with Crippen LogP contribution in [-0.4, -0.2) is 43.6 Å². The van der Waals surface area contributed by atoms with Gasteiger partial charge in [-0.05, 0) is 65.8 Å². The van der Waals surface area contributed by atoms with Gasteiger partial charge in [0.2, 0.25) is 0 Å². The van der Waals surface area contributed by atoms with Crippen molar-refractivity contribution in [3.63, 3.8) is 0 Å². The summed E-state index contributed by atoms with van der Waals surface area (Å²) in [6.07, 6.45) is 2.16. The fourth-order valence-electron chi connectivity index (χ4n) is 4.55.